The number of nitrogens with zero attached hydrogens (tertiary/aromatic N) is 1. The number of allylic oxidation sites excluding steroid dienone is 1. The molecule has 0 unspecified atom stereocenters. The Labute approximate surface area is 78.3 Å². The highest BCUT2D eigenvalue weighted by atomic mass is 14.9. The Balaban J connectivity index is 2.67. The van der Waals surface area contributed by atoms with Crippen LogP contribution in [0.1, 0.15) is 5.56 Å². The lowest BCUT2D eigenvalue weighted by atomic mass is 10.1. The van der Waals surface area contributed by atoms with Crippen LogP contribution in [0.4, 0.5) is 0 Å². The maximum atomic E-state index is 3.74. The van der Waals surface area contributed by atoms with Gasteiger partial charge in [-0.2, -0.15) is 0 Å². The number of aryl methyl sites for hydroxylation is 1. The zero-order chi connectivity index (χ0) is 9.26. The first-order valence-electron chi connectivity index (χ1n) is 4.48. The topological polar surface area (TPSA) is 4.93 Å². The first kappa shape index (κ1) is 8.11. The highest BCUT2D eigenvalue weighted by Crippen LogP contribution is 2.19. The summed E-state index contributed by atoms with van der Waals surface area (Å²) in [4.78, 5) is 0. The van der Waals surface area contributed by atoms with Crippen LogP contribution in [-0.4, -0.2) is 4.57 Å². The van der Waals surface area contributed by atoms with Gasteiger partial charge in [0.1, 0.15) is 0 Å². The van der Waals surface area contributed by atoms with Crippen molar-refractivity contribution >= 4 is 10.9 Å². The Kier molecular flexibility index (Phi) is 1.93. The van der Waals surface area contributed by atoms with Crippen molar-refractivity contribution in [3.05, 3.63) is 48.7 Å². The average molecular weight is 171 g/mol. The van der Waals surface area contributed by atoms with Crippen molar-refractivity contribution in [3.8, 4) is 0 Å². The zero-order valence-corrected chi connectivity index (χ0v) is 7.83. The van der Waals surface area contributed by atoms with Gasteiger partial charge in [-0.25, -0.2) is 0 Å². The standard InChI is InChI=1S/C12H13N/c1-3-8-13-9-7-11-10(2)5-4-6-12(11)13/h3-7,9H,1,8H2,2H3. The van der Waals surface area contributed by atoms with Crippen LogP contribution in [0.2, 0.25) is 0 Å². The SMILES string of the molecule is C=CCn1ccc2c(C)cccc21. The minimum atomic E-state index is 0.882. The van der Waals surface area contributed by atoms with Gasteiger partial charge in [-0.3, -0.25) is 0 Å². The Bertz CT molecular complexity index is 437. The summed E-state index contributed by atoms with van der Waals surface area (Å²) in [6.45, 7) is 6.77. The maximum Gasteiger partial charge on any atom is 0.0485 e. The minimum absolute atomic E-state index is 0.882. The van der Waals surface area contributed by atoms with Gasteiger partial charge >= 0.3 is 0 Å². The predicted octanol–water partition coefficient (Wildman–Crippen LogP) is 3.14. The van der Waals surface area contributed by atoms with Gasteiger partial charge in [-0.15, -0.1) is 6.58 Å². The minimum Gasteiger partial charge on any atom is -0.344 e. The molecule has 1 aromatic carbocycles. The Hall–Kier alpha value is -1.50. The van der Waals surface area contributed by atoms with Gasteiger partial charge in [-0.1, -0.05) is 18.2 Å². The second kappa shape index (κ2) is 3.09. The van der Waals surface area contributed by atoms with E-state index in [-0.39, 0.29) is 0 Å². The van der Waals surface area contributed by atoms with E-state index in [1.54, 1.807) is 0 Å². The van der Waals surface area contributed by atoms with Gasteiger partial charge < -0.3 is 4.57 Å². The molecule has 0 amide bonds. The Morgan fingerprint density at radius 1 is 1.38 bits per heavy atom. The van der Waals surface area contributed by atoms with E-state index >= 15 is 0 Å². The van der Waals surface area contributed by atoms with Gasteiger partial charge in [0.2, 0.25) is 0 Å². The van der Waals surface area contributed by atoms with Crippen molar-refractivity contribution < 1.29 is 0 Å². The van der Waals surface area contributed by atoms with Crippen LogP contribution in [0.3, 0.4) is 0 Å². The summed E-state index contributed by atoms with van der Waals surface area (Å²) in [5.41, 5.74) is 2.63. The lowest BCUT2D eigenvalue weighted by Crippen LogP contribution is -1.91. The molecular formula is C12H13N. The van der Waals surface area contributed by atoms with Crippen LogP contribution >= 0.6 is 0 Å². The summed E-state index contributed by atoms with van der Waals surface area (Å²) in [6, 6.07) is 8.54. The fourth-order valence-electron chi connectivity index (χ4n) is 1.68. The summed E-state index contributed by atoms with van der Waals surface area (Å²) < 4.78 is 2.20. The van der Waals surface area contributed by atoms with E-state index < -0.39 is 0 Å². The molecule has 1 heterocycles. The number of fused-ring (bicyclic) bond motifs is 1. The summed E-state index contributed by atoms with van der Waals surface area (Å²) >= 11 is 0. The predicted molar refractivity (Wildman–Crippen MR) is 56.9 cm³/mol. The quantitative estimate of drug-likeness (QED) is 0.612. The van der Waals surface area contributed by atoms with Crippen molar-refractivity contribution in [2.75, 3.05) is 0 Å². The second-order valence-electron chi connectivity index (χ2n) is 3.26. The van der Waals surface area contributed by atoms with Crippen LogP contribution in [0.5, 0.6) is 0 Å². The summed E-state index contributed by atoms with van der Waals surface area (Å²) in [7, 11) is 0. The molecule has 1 aromatic heterocycles. The molecule has 2 rings (SSSR count). The van der Waals surface area contributed by atoms with Gasteiger partial charge in [0.25, 0.3) is 0 Å². The Morgan fingerprint density at radius 3 is 3.00 bits per heavy atom. The molecule has 0 saturated carbocycles. The van der Waals surface area contributed by atoms with E-state index in [1.165, 1.54) is 16.5 Å². The third-order valence-electron chi connectivity index (χ3n) is 2.36. The monoisotopic (exact) mass is 171 g/mol. The molecule has 0 atom stereocenters. The summed E-state index contributed by atoms with van der Waals surface area (Å²) in [5, 5.41) is 1.34. The number of aromatic nitrogens is 1. The first-order valence-corrected chi connectivity index (χ1v) is 4.48. The van der Waals surface area contributed by atoms with Crippen LogP contribution in [0.25, 0.3) is 10.9 Å². The maximum absolute atomic E-state index is 3.74. The van der Waals surface area contributed by atoms with E-state index in [4.69, 9.17) is 0 Å². The van der Waals surface area contributed by atoms with E-state index in [1.807, 2.05) is 6.08 Å². The normalized spacial score (nSPS) is 10.5. The van der Waals surface area contributed by atoms with E-state index in [0.717, 1.165) is 6.54 Å². The van der Waals surface area contributed by atoms with Crippen molar-refractivity contribution in [1.29, 1.82) is 0 Å². The molecule has 13 heavy (non-hydrogen) atoms. The van der Waals surface area contributed by atoms with E-state index in [2.05, 4.69) is 48.5 Å². The third kappa shape index (κ3) is 1.26. The number of hydrogen-bond acceptors (Lipinski definition) is 0. The van der Waals surface area contributed by atoms with Crippen molar-refractivity contribution in [3.63, 3.8) is 0 Å². The zero-order valence-electron chi connectivity index (χ0n) is 7.83. The number of benzene rings is 1. The largest absolute Gasteiger partial charge is 0.344 e. The van der Waals surface area contributed by atoms with Gasteiger partial charge in [0.05, 0.1) is 0 Å². The fourth-order valence-corrected chi connectivity index (χ4v) is 1.68. The van der Waals surface area contributed by atoms with Crippen LogP contribution in [0.15, 0.2) is 43.1 Å². The molecule has 66 valence electrons. The molecule has 0 fully saturated rings. The van der Waals surface area contributed by atoms with Crippen molar-refractivity contribution in [2.45, 2.75) is 13.5 Å². The van der Waals surface area contributed by atoms with Gasteiger partial charge in [0, 0.05) is 23.6 Å². The first-order chi connectivity index (χ1) is 6.33. The fraction of sp³-hybridized carbons (Fsp3) is 0.167. The number of rotatable bonds is 2. The molecule has 1 nitrogen and oxygen atoms in total. The molecule has 0 N–H and O–H groups in total. The molecule has 0 bridgehead atoms. The van der Waals surface area contributed by atoms with E-state index in [9.17, 15) is 0 Å². The molecule has 0 spiro atoms. The lowest BCUT2D eigenvalue weighted by molar-refractivity contribution is 0.865. The smallest absolute Gasteiger partial charge is 0.0485 e. The molecule has 0 radical (unpaired) electrons. The molecule has 0 aliphatic heterocycles. The lowest BCUT2D eigenvalue weighted by Gasteiger charge is -2.01. The Morgan fingerprint density at radius 2 is 2.23 bits per heavy atom. The molecule has 0 saturated heterocycles. The third-order valence-corrected chi connectivity index (χ3v) is 2.36. The molecule has 0 aliphatic carbocycles. The molecule has 1 heteroatoms. The van der Waals surface area contributed by atoms with E-state index in [0.29, 0.717) is 0 Å². The van der Waals surface area contributed by atoms with Crippen molar-refractivity contribution in [1.82, 2.24) is 4.57 Å². The molecule has 2 aromatic rings. The van der Waals surface area contributed by atoms with Crippen LogP contribution in [0, 0.1) is 6.92 Å². The summed E-state index contributed by atoms with van der Waals surface area (Å²) in [5.74, 6) is 0. The van der Waals surface area contributed by atoms with Crippen LogP contribution < -0.4 is 0 Å². The highest BCUT2D eigenvalue weighted by molar-refractivity contribution is 5.83. The average Bonchev–Trinajstić information content (AvgIpc) is 2.51. The molecular weight excluding hydrogens is 158 g/mol. The van der Waals surface area contributed by atoms with Gasteiger partial charge in [-0.05, 0) is 24.6 Å². The van der Waals surface area contributed by atoms with Gasteiger partial charge in [0.15, 0.2) is 0 Å². The second-order valence-corrected chi connectivity index (χ2v) is 3.26. The number of hydrogen-bond donors (Lipinski definition) is 0. The highest BCUT2D eigenvalue weighted by Gasteiger charge is 2.00. The van der Waals surface area contributed by atoms with Crippen molar-refractivity contribution in [2.24, 2.45) is 0 Å². The van der Waals surface area contributed by atoms with Crippen LogP contribution in [-0.2, 0) is 6.54 Å². The molecule has 0 aliphatic rings. The summed E-state index contributed by atoms with van der Waals surface area (Å²) in [6.07, 6.45) is 4.03.